The van der Waals surface area contributed by atoms with Crippen molar-refractivity contribution in [1.29, 1.82) is 0 Å². The second-order valence-corrected chi connectivity index (χ2v) is 9.99. The van der Waals surface area contributed by atoms with E-state index in [1.807, 2.05) is 56.3 Å². The number of hydrogen-bond donors (Lipinski definition) is 1. The Morgan fingerprint density at radius 2 is 1.53 bits per heavy atom. The first-order valence-electron chi connectivity index (χ1n) is 9.42. The smallest absolute Gasteiger partial charge is 0.243 e. The van der Waals surface area contributed by atoms with E-state index in [-0.39, 0.29) is 18.0 Å². The number of anilines is 1. The molecule has 0 aromatic heterocycles. The minimum absolute atomic E-state index is 0.0881. The average molecular weight is 487 g/mol. The van der Waals surface area contributed by atoms with Crippen LogP contribution < -0.4 is 5.32 Å². The van der Waals surface area contributed by atoms with E-state index in [9.17, 15) is 13.2 Å². The van der Waals surface area contributed by atoms with Gasteiger partial charge in [-0.25, -0.2) is 8.42 Å². The lowest BCUT2D eigenvalue weighted by atomic mass is 10.1. The molecule has 30 heavy (non-hydrogen) atoms. The van der Waals surface area contributed by atoms with Crippen molar-refractivity contribution < 1.29 is 13.2 Å². The van der Waals surface area contributed by atoms with E-state index < -0.39 is 15.9 Å². The van der Waals surface area contributed by atoms with Gasteiger partial charge in [0.15, 0.2) is 0 Å². The number of nitrogens with one attached hydrogen (secondary N) is 1. The molecule has 0 unspecified atom stereocenters. The molecular weight excluding hydrogens is 464 g/mol. The van der Waals surface area contributed by atoms with Crippen LogP contribution in [0.2, 0.25) is 0 Å². The van der Waals surface area contributed by atoms with Crippen molar-refractivity contribution >= 4 is 37.5 Å². The van der Waals surface area contributed by atoms with Crippen LogP contribution >= 0.6 is 15.9 Å². The molecule has 0 saturated carbocycles. The predicted octanol–water partition coefficient (Wildman–Crippen LogP) is 4.90. The first-order valence-corrected chi connectivity index (χ1v) is 11.6. The lowest BCUT2D eigenvalue weighted by Gasteiger charge is -2.22. The van der Waals surface area contributed by atoms with Gasteiger partial charge in [-0.1, -0.05) is 52.3 Å². The highest BCUT2D eigenvalue weighted by molar-refractivity contribution is 9.10. The van der Waals surface area contributed by atoms with Gasteiger partial charge in [0.1, 0.15) is 0 Å². The first-order chi connectivity index (χ1) is 14.2. The van der Waals surface area contributed by atoms with Gasteiger partial charge in [0.25, 0.3) is 0 Å². The molecule has 1 N–H and O–H groups in total. The summed E-state index contributed by atoms with van der Waals surface area (Å²) in [6, 6.07) is 21.2. The third-order valence-corrected chi connectivity index (χ3v) is 6.81. The number of rotatable bonds is 7. The van der Waals surface area contributed by atoms with Crippen molar-refractivity contribution in [2.24, 2.45) is 0 Å². The van der Waals surface area contributed by atoms with Gasteiger partial charge in [-0.2, -0.15) is 4.31 Å². The Labute approximate surface area is 185 Å². The standard InChI is InChI=1S/C23H23BrN2O3S/c1-17-12-18(2)14-21(13-17)25-23(27)16-26(15-19-8-10-20(24)11-9-19)30(28,29)22-6-4-3-5-7-22/h3-14H,15-16H2,1-2H3,(H,25,27). The SMILES string of the molecule is Cc1cc(C)cc(NC(=O)CN(Cc2ccc(Br)cc2)S(=O)(=O)c2ccccc2)c1. The number of halogens is 1. The zero-order valence-electron chi connectivity index (χ0n) is 16.8. The van der Waals surface area contributed by atoms with Crippen LogP contribution in [0.3, 0.4) is 0 Å². The van der Waals surface area contributed by atoms with E-state index in [4.69, 9.17) is 0 Å². The second-order valence-electron chi connectivity index (χ2n) is 7.14. The summed E-state index contributed by atoms with van der Waals surface area (Å²) in [4.78, 5) is 12.9. The highest BCUT2D eigenvalue weighted by Crippen LogP contribution is 2.20. The summed E-state index contributed by atoms with van der Waals surface area (Å²) in [5.74, 6) is -0.392. The molecule has 3 aromatic rings. The lowest BCUT2D eigenvalue weighted by molar-refractivity contribution is -0.116. The molecule has 0 aliphatic carbocycles. The quantitative estimate of drug-likeness (QED) is 0.516. The van der Waals surface area contributed by atoms with Crippen molar-refractivity contribution in [3.05, 3.63) is 94.0 Å². The van der Waals surface area contributed by atoms with Gasteiger partial charge < -0.3 is 5.32 Å². The Kier molecular flexibility index (Phi) is 7.07. The van der Waals surface area contributed by atoms with E-state index >= 15 is 0 Å². The summed E-state index contributed by atoms with van der Waals surface area (Å²) >= 11 is 3.38. The van der Waals surface area contributed by atoms with Crippen LogP contribution in [0.15, 0.2) is 82.2 Å². The minimum Gasteiger partial charge on any atom is -0.325 e. The molecule has 0 aliphatic heterocycles. The molecule has 0 aliphatic rings. The van der Waals surface area contributed by atoms with E-state index in [1.165, 1.54) is 16.4 Å². The third kappa shape index (κ3) is 5.78. The van der Waals surface area contributed by atoms with Crippen molar-refractivity contribution in [2.75, 3.05) is 11.9 Å². The Morgan fingerprint density at radius 3 is 2.13 bits per heavy atom. The molecule has 3 rings (SSSR count). The average Bonchev–Trinajstić information content (AvgIpc) is 2.69. The molecule has 0 bridgehead atoms. The third-order valence-electron chi connectivity index (χ3n) is 4.48. The molecule has 1 amide bonds. The molecular formula is C23H23BrN2O3S. The van der Waals surface area contributed by atoms with E-state index in [1.54, 1.807) is 18.2 Å². The molecule has 0 spiro atoms. The van der Waals surface area contributed by atoms with Crippen LogP contribution in [0.25, 0.3) is 0 Å². The molecule has 0 radical (unpaired) electrons. The zero-order valence-corrected chi connectivity index (χ0v) is 19.2. The van der Waals surface area contributed by atoms with Gasteiger partial charge in [-0.3, -0.25) is 4.79 Å². The van der Waals surface area contributed by atoms with Gasteiger partial charge >= 0.3 is 0 Å². The van der Waals surface area contributed by atoms with Crippen molar-refractivity contribution in [1.82, 2.24) is 4.31 Å². The first kappa shape index (κ1) is 22.2. The van der Waals surface area contributed by atoms with E-state index in [2.05, 4.69) is 21.2 Å². The number of aryl methyl sites for hydroxylation is 2. The fraction of sp³-hybridized carbons (Fsp3) is 0.174. The van der Waals surface area contributed by atoms with Crippen LogP contribution in [-0.4, -0.2) is 25.2 Å². The van der Waals surface area contributed by atoms with Crippen LogP contribution in [0.5, 0.6) is 0 Å². The molecule has 0 saturated heterocycles. The summed E-state index contributed by atoms with van der Waals surface area (Å²) in [5, 5.41) is 2.82. The lowest BCUT2D eigenvalue weighted by Crippen LogP contribution is -2.37. The fourth-order valence-corrected chi connectivity index (χ4v) is 4.84. The van der Waals surface area contributed by atoms with Crippen molar-refractivity contribution in [2.45, 2.75) is 25.3 Å². The van der Waals surface area contributed by atoms with Gasteiger partial charge in [-0.05, 0) is 66.9 Å². The van der Waals surface area contributed by atoms with E-state index in [0.717, 1.165) is 21.2 Å². The number of benzene rings is 3. The molecule has 7 heteroatoms. The summed E-state index contributed by atoms with van der Waals surface area (Å²) in [6.45, 7) is 3.69. The topological polar surface area (TPSA) is 66.5 Å². The van der Waals surface area contributed by atoms with Crippen molar-refractivity contribution in [3.8, 4) is 0 Å². The molecule has 3 aromatic carbocycles. The normalized spacial score (nSPS) is 11.5. The Morgan fingerprint density at radius 1 is 0.933 bits per heavy atom. The number of carbonyl (C=O) groups is 1. The Balaban J connectivity index is 1.86. The fourth-order valence-electron chi connectivity index (χ4n) is 3.17. The monoisotopic (exact) mass is 486 g/mol. The molecule has 0 atom stereocenters. The summed E-state index contributed by atoms with van der Waals surface area (Å²) in [7, 11) is -3.85. The molecule has 0 fully saturated rings. The van der Waals surface area contributed by atoms with Gasteiger partial charge in [-0.15, -0.1) is 0 Å². The second kappa shape index (κ2) is 9.55. The Bertz CT molecular complexity index is 1110. The maximum absolute atomic E-state index is 13.2. The number of sulfonamides is 1. The van der Waals surface area contributed by atoms with E-state index in [0.29, 0.717) is 5.69 Å². The Hall–Kier alpha value is -2.48. The largest absolute Gasteiger partial charge is 0.325 e. The van der Waals surface area contributed by atoms with Crippen LogP contribution in [0.1, 0.15) is 16.7 Å². The summed E-state index contributed by atoms with van der Waals surface area (Å²) in [6.07, 6.45) is 0. The van der Waals surface area contributed by atoms with Gasteiger partial charge in [0.05, 0.1) is 11.4 Å². The van der Waals surface area contributed by atoms with Gasteiger partial charge in [0, 0.05) is 16.7 Å². The maximum atomic E-state index is 13.2. The van der Waals surface area contributed by atoms with Crippen LogP contribution in [0, 0.1) is 13.8 Å². The maximum Gasteiger partial charge on any atom is 0.243 e. The summed E-state index contributed by atoms with van der Waals surface area (Å²) in [5.41, 5.74) is 3.48. The number of hydrogen-bond acceptors (Lipinski definition) is 3. The number of nitrogens with zero attached hydrogens (tertiary/aromatic N) is 1. The van der Waals surface area contributed by atoms with Crippen LogP contribution in [0.4, 0.5) is 5.69 Å². The molecule has 0 heterocycles. The summed E-state index contributed by atoms with van der Waals surface area (Å²) < 4.78 is 28.6. The minimum atomic E-state index is -3.85. The van der Waals surface area contributed by atoms with Crippen LogP contribution in [-0.2, 0) is 21.4 Å². The number of carbonyl (C=O) groups excluding carboxylic acids is 1. The highest BCUT2D eigenvalue weighted by Gasteiger charge is 2.27. The van der Waals surface area contributed by atoms with Gasteiger partial charge in [0.2, 0.25) is 15.9 Å². The predicted molar refractivity (Wildman–Crippen MR) is 123 cm³/mol. The highest BCUT2D eigenvalue weighted by atomic mass is 79.9. The molecule has 156 valence electrons. The van der Waals surface area contributed by atoms with Crippen molar-refractivity contribution in [3.63, 3.8) is 0 Å². The molecule has 5 nitrogen and oxygen atoms in total. The number of amides is 1. The zero-order chi connectivity index (χ0) is 21.7.